The molecule has 4 heteroatoms. The molecule has 0 heterocycles. The maximum atomic E-state index is 11.8. The molecular weight excluding hydrogens is 252 g/mol. The highest BCUT2D eigenvalue weighted by molar-refractivity contribution is 5.76. The number of aryl methyl sites for hydroxylation is 1. The summed E-state index contributed by atoms with van der Waals surface area (Å²) in [6.07, 6.45) is 1.03. The Morgan fingerprint density at radius 3 is 2.35 bits per heavy atom. The molecule has 1 aromatic carbocycles. The summed E-state index contributed by atoms with van der Waals surface area (Å²) in [5.41, 5.74) is 2.41. The van der Waals surface area contributed by atoms with Crippen molar-refractivity contribution in [2.45, 2.75) is 39.3 Å². The van der Waals surface area contributed by atoms with Gasteiger partial charge in [0.2, 0.25) is 0 Å². The van der Waals surface area contributed by atoms with Gasteiger partial charge in [-0.2, -0.15) is 0 Å². The van der Waals surface area contributed by atoms with Gasteiger partial charge in [0.15, 0.2) is 0 Å². The molecule has 0 fully saturated rings. The lowest BCUT2D eigenvalue weighted by Crippen LogP contribution is -2.48. The molecular formula is C16H26N2O2. The first kappa shape index (κ1) is 16.5. The first-order chi connectivity index (χ1) is 9.47. The van der Waals surface area contributed by atoms with Gasteiger partial charge >= 0.3 is 5.97 Å². The molecule has 0 saturated heterocycles. The van der Waals surface area contributed by atoms with Crippen molar-refractivity contribution >= 4 is 11.7 Å². The number of hydrogen-bond acceptors (Lipinski definition) is 4. The van der Waals surface area contributed by atoms with Gasteiger partial charge in [0.1, 0.15) is 6.04 Å². The summed E-state index contributed by atoms with van der Waals surface area (Å²) in [7, 11) is 3.41. The second kappa shape index (κ2) is 7.90. The van der Waals surface area contributed by atoms with Gasteiger partial charge < -0.3 is 15.0 Å². The minimum Gasteiger partial charge on any atom is -0.468 e. The zero-order valence-electron chi connectivity index (χ0n) is 13.1. The van der Waals surface area contributed by atoms with Crippen LogP contribution in [0, 0.1) is 0 Å². The SMILES string of the molecule is CCc1ccc(N(C)CC(NC(C)C)C(=O)OC)cc1. The van der Waals surface area contributed by atoms with Crippen LogP contribution in [0.5, 0.6) is 0 Å². The minimum atomic E-state index is -0.323. The van der Waals surface area contributed by atoms with Crippen LogP contribution in [0.4, 0.5) is 5.69 Å². The summed E-state index contributed by atoms with van der Waals surface area (Å²) in [5.74, 6) is -0.226. The normalized spacial score (nSPS) is 12.3. The lowest BCUT2D eigenvalue weighted by Gasteiger charge is -2.26. The third-order valence-corrected chi connectivity index (χ3v) is 3.26. The number of anilines is 1. The van der Waals surface area contributed by atoms with Crippen molar-refractivity contribution in [3.8, 4) is 0 Å². The fraction of sp³-hybridized carbons (Fsp3) is 0.562. The smallest absolute Gasteiger partial charge is 0.324 e. The van der Waals surface area contributed by atoms with Crippen molar-refractivity contribution in [3.05, 3.63) is 29.8 Å². The summed E-state index contributed by atoms with van der Waals surface area (Å²) >= 11 is 0. The Kier molecular flexibility index (Phi) is 6.52. The maximum Gasteiger partial charge on any atom is 0.324 e. The van der Waals surface area contributed by atoms with Gasteiger partial charge in [0.25, 0.3) is 0 Å². The summed E-state index contributed by atoms with van der Waals surface area (Å²) in [6.45, 7) is 6.76. The van der Waals surface area contributed by atoms with Gasteiger partial charge in [-0.15, -0.1) is 0 Å². The molecule has 0 amide bonds. The largest absolute Gasteiger partial charge is 0.468 e. The molecule has 1 rings (SSSR count). The fourth-order valence-corrected chi connectivity index (χ4v) is 2.11. The Hall–Kier alpha value is -1.55. The van der Waals surface area contributed by atoms with Crippen molar-refractivity contribution in [2.75, 3.05) is 25.6 Å². The molecule has 4 nitrogen and oxygen atoms in total. The maximum absolute atomic E-state index is 11.8. The van der Waals surface area contributed by atoms with Crippen LogP contribution in [0.25, 0.3) is 0 Å². The minimum absolute atomic E-state index is 0.226. The van der Waals surface area contributed by atoms with E-state index in [1.165, 1.54) is 12.7 Å². The number of likely N-dealkylation sites (N-methyl/N-ethyl adjacent to an activating group) is 1. The number of ether oxygens (including phenoxy) is 1. The topological polar surface area (TPSA) is 41.6 Å². The summed E-state index contributed by atoms with van der Waals surface area (Å²) in [4.78, 5) is 13.9. The Morgan fingerprint density at radius 1 is 1.30 bits per heavy atom. The highest BCUT2D eigenvalue weighted by Gasteiger charge is 2.21. The Balaban J connectivity index is 2.73. The molecule has 1 unspecified atom stereocenters. The van der Waals surface area contributed by atoms with Gasteiger partial charge in [-0.1, -0.05) is 32.9 Å². The lowest BCUT2D eigenvalue weighted by atomic mass is 10.1. The molecule has 1 atom stereocenters. The highest BCUT2D eigenvalue weighted by Crippen LogP contribution is 2.14. The second-order valence-electron chi connectivity index (χ2n) is 5.30. The number of rotatable bonds is 7. The van der Waals surface area contributed by atoms with E-state index >= 15 is 0 Å². The zero-order valence-corrected chi connectivity index (χ0v) is 13.1. The van der Waals surface area contributed by atoms with Crippen LogP contribution in [0.1, 0.15) is 26.3 Å². The van der Waals surface area contributed by atoms with Gasteiger partial charge in [-0.3, -0.25) is 4.79 Å². The number of esters is 1. The number of carbonyl (C=O) groups is 1. The number of benzene rings is 1. The predicted molar refractivity (Wildman–Crippen MR) is 83.2 cm³/mol. The van der Waals surface area contributed by atoms with Gasteiger partial charge in [-0.25, -0.2) is 0 Å². The van der Waals surface area contributed by atoms with E-state index in [4.69, 9.17) is 4.74 Å². The van der Waals surface area contributed by atoms with Crippen LogP contribution in [-0.2, 0) is 16.0 Å². The molecule has 112 valence electrons. The average Bonchev–Trinajstić information content (AvgIpc) is 2.45. The molecule has 0 aliphatic carbocycles. The van der Waals surface area contributed by atoms with Crippen LogP contribution in [0.15, 0.2) is 24.3 Å². The van der Waals surface area contributed by atoms with E-state index in [1.54, 1.807) is 0 Å². The second-order valence-corrected chi connectivity index (χ2v) is 5.30. The van der Waals surface area contributed by atoms with Gasteiger partial charge in [0, 0.05) is 25.3 Å². The lowest BCUT2D eigenvalue weighted by molar-refractivity contribution is -0.143. The molecule has 0 aliphatic rings. The van der Waals surface area contributed by atoms with E-state index in [2.05, 4.69) is 41.4 Å². The van der Waals surface area contributed by atoms with E-state index in [0.29, 0.717) is 6.54 Å². The van der Waals surface area contributed by atoms with Crippen molar-refractivity contribution in [1.82, 2.24) is 5.32 Å². The number of hydrogen-bond donors (Lipinski definition) is 1. The van der Waals surface area contributed by atoms with Crippen molar-refractivity contribution in [3.63, 3.8) is 0 Å². The van der Waals surface area contributed by atoms with E-state index in [0.717, 1.165) is 12.1 Å². The van der Waals surface area contributed by atoms with Crippen molar-refractivity contribution in [1.29, 1.82) is 0 Å². The Morgan fingerprint density at radius 2 is 1.90 bits per heavy atom. The van der Waals surface area contributed by atoms with Gasteiger partial charge in [0.05, 0.1) is 7.11 Å². The van der Waals surface area contributed by atoms with Crippen LogP contribution in [0.2, 0.25) is 0 Å². The van der Waals surface area contributed by atoms with Crippen LogP contribution < -0.4 is 10.2 Å². The molecule has 20 heavy (non-hydrogen) atoms. The molecule has 1 N–H and O–H groups in total. The number of nitrogens with zero attached hydrogens (tertiary/aromatic N) is 1. The van der Waals surface area contributed by atoms with Crippen molar-refractivity contribution < 1.29 is 9.53 Å². The average molecular weight is 278 g/mol. The number of carbonyl (C=O) groups excluding carboxylic acids is 1. The third-order valence-electron chi connectivity index (χ3n) is 3.26. The van der Waals surface area contributed by atoms with E-state index in [9.17, 15) is 4.79 Å². The monoisotopic (exact) mass is 278 g/mol. The molecule has 0 saturated carbocycles. The summed E-state index contributed by atoms with van der Waals surface area (Å²) < 4.78 is 4.86. The van der Waals surface area contributed by atoms with Gasteiger partial charge in [-0.05, 0) is 24.1 Å². The van der Waals surface area contributed by atoms with E-state index in [1.807, 2.05) is 20.9 Å². The molecule has 0 spiro atoms. The quantitative estimate of drug-likeness (QED) is 0.777. The Labute approximate surface area is 122 Å². The van der Waals surface area contributed by atoms with E-state index < -0.39 is 0 Å². The van der Waals surface area contributed by atoms with Crippen LogP contribution in [-0.4, -0.2) is 38.8 Å². The number of methoxy groups -OCH3 is 1. The van der Waals surface area contributed by atoms with Crippen molar-refractivity contribution in [2.24, 2.45) is 0 Å². The zero-order chi connectivity index (χ0) is 15.1. The Bertz CT molecular complexity index is 415. The van der Waals surface area contributed by atoms with Crippen LogP contribution >= 0.6 is 0 Å². The standard InChI is InChI=1S/C16H26N2O2/c1-6-13-7-9-14(10-8-13)18(4)11-15(16(19)20-5)17-12(2)3/h7-10,12,15,17H,6,11H2,1-5H3. The molecule has 0 radical (unpaired) electrons. The summed E-state index contributed by atoms with van der Waals surface area (Å²) in [6, 6.07) is 8.32. The predicted octanol–water partition coefficient (Wildman–Crippen LogP) is 2.22. The third kappa shape index (κ3) is 4.85. The molecule has 0 aromatic heterocycles. The summed E-state index contributed by atoms with van der Waals surface area (Å²) in [5, 5.41) is 3.24. The molecule has 0 bridgehead atoms. The first-order valence-electron chi connectivity index (χ1n) is 7.11. The van der Waals surface area contributed by atoms with E-state index in [-0.39, 0.29) is 18.1 Å². The molecule has 1 aromatic rings. The first-order valence-corrected chi connectivity index (χ1v) is 7.11. The fourth-order valence-electron chi connectivity index (χ4n) is 2.11. The molecule has 0 aliphatic heterocycles. The number of nitrogens with one attached hydrogen (secondary N) is 1. The highest BCUT2D eigenvalue weighted by atomic mass is 16.5. The van der Waals surface area contributed by atoms with Crippen LogP contribution in [0.3, 0.4) is 0 Å².